The van der Waals surface area contributed by atoms with Crippen LogP contribution in [-0.4, -0.2) is 24.5 Å². The van der Waals surface area contributed by atoms with Gasteiger partial charge in [-0.1, -0.05) is 29.8 Å². The van der Waals surface area contributed by atoms with Crippen LogP contribution in [0.15, 0.2) is 48.5 Å². The highest BCUT2D eigenvalue weighted by atomic mass is 35.5. The highest BCUT2D eigenvalue weighted by Gasteiger charge is 2.29. The number of hydrogen-bond donors (Lipinski definition) is 0. The van der Waals surface area contributed by atoms with Crippen LogP contribution in [0.25, 0.3) is 0 Å². The summed E-state index contributed by atoms with van der Waals surface area (Å²) in [4.78, 5) is 26.2. The maximum absolute atomic E-state index is 13.4. The van der Waals surface area contributed by atoms with Crippen molar-refractivity contribution in [3.05, 3.63) is 64.9 Å². The van der Waals surface area contributed by atoms with E-state index in [0.29, 0.717) is 11.3 Å². The van der Waals surface area contributed by atoms with Gasteiger partial charge in [0.1, 0.15) is 11.9 Å². The highest BCUT2D eigenvalue weighted by Crippen LogP contribution is 2.26. The minimum Gasteiger partial charge on any atom is -0.464 e. The summed E-state index contributed by atoms with van der Waals surface area (Å²) < 4.78 is 18.4. The van der Waals surface area contributed by atoms with Crippen LogP contribution in [0.4, 0.5) is 10.1 Å². The zero-order chi connectivity index (χ0) is 17.7. The Kier molecular flexibility index (Phi) is 5.93. The standard InChI is InChI=1S/C18H17ClFNO3/c1-3-24-18(23)12(2)21(14-9-10-16(20)15(19)11-14)17(22)13-7-5-4-6-8-13/h4-12H,3H2,1-2H3/t12-/m0/s1. The van der Waals surface area contributed by atoms with Crippen molar-refractivity contribution in [1.29, 1.82) is 0 Å². The number of esters is 1. The second-order valence-corrected chi connectivity index (χ2v) is 5.47. The minimum atomic E-state index is -0.890. The number of nitrogens with zero attached hydrogens (tertiary/aromatic N) is 1. The lowest BCUT2D eigenvalue weighted by molar-refractivity contribution is -0.144. The zero-order valence-electron chi connectivity index (χ0n) is 13.3. The molecule has 24 heavy (non-hydrogen) atoms. The number of halogens is 2. The highest BCUT2D eigenvalue weighted by molar-refractivity contribution is 6.31. The van der Waals surface area contributed by atoms with Gasteiger partial charge in [0.25, 0.3) is 5.91 Å². The van der Waals surface area contributed by atoms with Crippen molar-refractivity contribution in [2.45, 2.75) is 19.9 Å². The van der Waals surface area contributed by atoms with Gasteiger partial charge < -0.3 is 4.74 Å². The molecule has 1 amide bonds. The molecule has 0 saturated heterocycles. The van der Waals surface area contributed by atoms with Crippen molar-refractivity contribution in [2.24, 2.45) is 0 Å². The molecule has 126 valence electrons. The number of carbonyl (C=O) groups excluding carboxylic acids is 2. The Morgan fingerprint density at radius 3 is 2.46 bits per heavy atom. The number of rotatable bonds is 5. The number of ether oxygens (including phenoxy) is 1. The van der Waals surface area contributed by atoms with Crippen LogP contribution in [0.3, 0.4) is 0 Å². The van der Waals surface area contributed by atoms with Crippen molar-refractivity contribution in [2.75, 3.05) is 11.5 Å². The Balaban J connectivity index is 2.46. The van der Waals surface area contributed by atoms with E-state index in [4.69, 9.17) is 16.3 Å². The van der Waals surface area contributed by atoms with E-state index < -0.39 is 23.7 Å². The van der Waals surface area contributed by atoms with Gasteiger partial charge in [0.2, 0.25) is 0 Å². The Morgan fingerprint density at radius 2 is 1.88 bits per heavy atom. The molecule has 0 fully saturated rings. The normalized spacial score (nSPS) is 11.7. The van der Waals surface area contributed by atoms with E-state index >= 15 is 0 Å². The molecule has 0 aliphatic rings. The van der Waals surface area contributed by atoms with E-state index in [1.54, 1.807) is 44.2 Å². The van der Waals surface area contributed by atoms with E-state index in [-0.39, 0.29) is 11.6 Å². The van der Waals surface area contributed by atoms with Crippen LogP contribution in [0, 0.1) is 5.82 Å². The average Bonchev–Trinajstić information content (AvgIpc) is 2.59. The van der Waals surface area contributed by atoms with Gasteiger partial charge in [-0.15, -0.1) is 0 Å². The molecule has 2 rings (SSSR count). The summed E-state index contributed by atoms with van der Waals surface area (Å²) >= 11 is 5.82. The molecule has 4 nitrogen and oxygen atoms in total. The lowest BCUT2D eigenvalue weighted by atomic mass is 10.1. The van der Waals surface area contributed by atoms with Crippen LogP contribution in [0.2, 0.25) is 5.02 Å². The topological polar surface area (TPSA) is 46.6 Å². The number of carbonyl (C=O) groups is 2. The van der Waals surface area contributed by atoms with Crippen molar-refractivity contribution >= 4 is 29.2 Å². The van der Waals surface area contributed by atoms with Crippen molar-refractivity contribution in [3.8, 4) is 0 Å². The number of benzene rings is 2. The second kappa shape index (κ2) is 7.93. The van der Waals surface area contributed by atoms with E-state index in [1.165, 1.54) is 17.0 Å². The monoisotopic (exact) mass is 349 g/mol. The first kappa shape index (κ1) is 17.9. The van der Waals surface area contributed by atoms with Crippen molar-refractivity contribution in [3.63, 3.8) is 0 Å². The van der Waals surface area contributed by atoms with E-state index in [2.05, 4.69) is 0 Å². The molecule has 2 aromatic carbocycles. The summed E-state index contributed by atoms with van der Waals surface area (Å²) in [6.07, 6.45) is 0. The van der Waals surface area contributed by atoms with Gasteiger partial charge in [0.05, 0.1) is 11.6 Å². The van der Waals surface area contributed by atoms with Crippen LogP contribution >= 0.6 is 11.6 Å². The summed E-state index contributed by atoms with van der Waals surface area (Å²) in [7, 11) is 0. The smallest absolute Gasteiger partial charge is 0.328 e. The van der Waals surface area contributed by atoms with Crippen LogP contribution in [-0.2, 0) is 9.53 Å². The van der Waals surface area contributed by atoms with Gasteiger partial charge in [-0.25, -0.2) is 9.18 Å². The minimum absolute atomic E-state index is 0.130. The van der Waals surface area contributed by atoms with E-state index in [0.717, 1.165) is 6.07 Å². The summed E-state index contributed by atoms with van der Waals surface area (Å²) in [6, 6.07) is 11.5. The molecule has 1 atom stereocenters. The molecule has 0 bridgehead atoms. The fraction of sp³-hybridized carbons (Fsp3) is 0.222. The molecule has 6 heteroatoms. The first-order valence-corrected chi connectivity index (χ1v) is 7.83. The molecule has 0 saturated carbocycles. The third-order valence-electron chi connectivity index (χ3n) is 3.44. The first-order chi connectivity index (χ1) is 11.5. The fourth-order valence-corrected chi connectivity index (χ4v) is 2.41. The van der Waals surface area contributed by atoms with E-state index in [1.807, 2.05) is 0 Å². The third-order valence-corrected chi connectivity index (χ3v) is 3.73. The largest absolute Gasteiger partial charge is 0.464 e. The maximum Gasteiger partial charge on any atom is 0.328 e. The molecule has 0 aromatic heterocycles. The molecule has 0 unspecified atom stereocenters. The predicted octanol–water partition coefficient (Wildman–Crippen LogP) is 4.08. The molecular weight excluding hydrogens is 333 g/mol. The quantitative estimate of drug-likeness (QED) is 0.764. The number of amides is 1. The van der Waals surface area contributed by atoms with Gasteiger partial charge in [0.15, 0.2) is 0 Å². The Morgan fingerprint density at radius 1 is 1.21 bits per heavy atom. The van der Waals surface area contributed by atoms with Gasteiger partial charge in [-0.2, -0.15) is 0 Å². The molecule has 2 aromatic rings. The molecule has 0 spiro atoms. The summed E-state index contributed by atoms with van der Waals surface area (Å²) in [5.74, 6) is -1.56. The van der Waals surface area contributed by atoms with Crippen LogP contribution in [0.5, 0.6) is 0 Å². The molecule has 0 N–H and O–H groups in total. The fourth-order valence-electron chi connectivity index (χ4n) is 2.24. The summed E-state index contributed by atoms with van der Waals surface area (Å²) in [6.45, 7) is 3.43. The number of anilines is 1. The lowest BCUT2D eigenvalue weighted by Gasteiger charge is -2.28. The lowest BCUT2D eigenvalue weighted by Crippen LogP contribution is -2.44. The van der Waals surface area contributed by atoms with Gasteiger partial charge >= 0.3 is 5.97 Å². The summed E-state index contributed by atoms with van der Waals surface area (Å²) in [5.41, 5.74) is 0.713. The summed E-state index contributed by atoms with van der Waals surface area (Å²) in [5, 5.41) is -0.130. The Labute approximate surface area is 144 Å². The average molecular weight is 350 g/mol. The van der Waals surface area contributed by atoms with Gasteiger partial charge in [-0.3, -0.25) is 9.69 Å². The van der Waals surface area contributed by atoms with E-state index in [9.17, 15) is 14.0 Å². The zero-order valence-corrected chi connectivity index (χ0v) is 14.1. The SMILES string of the molecule is CCOC(=O)[C@H](C)N(C(=O)c1ccccc1)c1ccc(F)c(Cl)c1. The predicted molar refractivity (Wildman–Crippen MR) is 90.8 cm³/mol. The third kappa shape index (κ3) is 3.92. The molecule has 0 aliphatic heterocycles. The Bertz CT molecular complexity index is 736. The first-order valence-electron chi connectivity index (χ1n) is 7.46. The molecule has 0 radical (unpaired) electrons. The molecule has 0 heterocycles. The van der Waals surface area contributed by atoms with Crippen LogP contribution in [0.1, 0.15) is 24.2 Å². The van der Waals surface area contributed by atoms with Gasteiger partial charge in [-0.05, 0) is 44.2 Å². The maximum atomic E-state index is 13.4. The van der Waals surface area contributed by atoms with Gasteiger partial charge in [0, 0.05) is 11.3 Å². The van der Waals surface area contributed by atoms with Crippen molar-refractivity contribution in [1.82, 2.24) is 0 Å². The molecule has 0 aliphatic carbocycles. The van der Waals surface area contributed by atoms with Crippen LogP contribution < -0.4 is 4.90 Å². The number of hydrogen-bond acceptors (Lipinski definition) is 3. The second-order valence-electron chi connectivity index (χ2n) is 5.07. The molecular formula is C18H17ClFNO3. The Hall–Kier alpha value is -2.40. The van der Waals surface area contributed by atoms with Crippen molar-refractivity contribution < 1.29 is 18.7 Å².